The number of aromatic nitrogens is 4. The Kier molecular flexibility index (Phi) is 2.90. The van der Waals surface area contributed by atoms with Crippen LogP contribution in [0.1, 0.15) is 0 Å². The molecule has 0 N–H and O–H groups in total. The van der Waals surface area contributed by atoms with Gasteiger partial charge in [-0.3, -0.25) is 0 Å². The first kappa shape index (κ1) is 11.1. The van der Waals surface area contributed by atoms with Crippen molar-refractivity contribution in [3.8, 4) is 17.1 Å². The summed E-state index contributed by atoms with van der Waals surface area (Å²) in [4.78, 5) is 8.17. The van der Waals surface area contributed by atoms with Gasteiger partial charge >= 0.3 is 0 Å². The summed E-state index contributed by atoms with van der Waals surface area (Å²) in [7, 11) is 0. The van der Waals surface area contributed by atoms with E-state index >= 15 is 0 Å². The molecule has 0 aliphatic heterocycles. The third-order valence-electron chi connectivity index (χ3n) is 2.56. The molecule has 88 valence electrons. The molecule has 0 aliphatic rings. The molecule has 0 bridgehead atoms. The highest BCUT2D eigenvalue weighted by atomic mass is 79.9. The summed E-state index contributed by atoms with van der Waals surface area (Å²) in [6.07, 6.45) is 5.02. The molecule has 0 radical (unpaired) electrons. The fourth-order valence-corrected chi connectivity index (χ4v) is 1.99. The largest absolute Gasteiger partial charge is 0.245 e. The average molecular weight is 301 g/mol. The maximum Gasteiger partial charge on any atom is 0.116 e. The molecule has 0 fully saturated rings. The molecular weight excluding hydrogens is 292 g/mol. The molecule has 5 heteroatoms. The fourth-order valence-electron chi connectivity index (χ4n) is 1.73. The topological polar surface area (TPSA) is 43.6 Å². The van der Waals surface area contributed by atoms with Gasteiger partial charge in [0.05, 0.1) is 23.3 Å². The lowest BCUT2D eigenvalue weighted by Gasteiger charge is -2.06. The average Bonchev–Trinajstić information content (AvgIpc) is 2.90. The quantitative estimate of drug-likeness (QED) is 0.730. The smallest absolute Gasteiger partial charge is 0.116 e. The van der Waals surface area contributed by atoms with Gasteiger partial charge < -0.3 is 0 Å². The van der Waals surface area contributed by atoms with Gasteiger partial charge in [0.15, 0.2) is 0 Å². The van der Waals surface area contributed by atoms with E-state index in [0.29, 0.717) is 0 Å². The summed E-state index contributed by atoms with van der Waals surface area (Å²) < 4.78 is 2.90. The van der Waals surface area contributed by atoms with E-state index in [-0.39, 0.29) is 0 Å². The van der Waals surface area contributed by atoms with Gasteiger partial charge in [0.2, 0.25) is 0 Å². The number of halogens is 1. The van der Waals surface area contributed by atoms with Crippen molar-refractivity contribution in [3.63, 3.8) is 0 Å². The lowest BCUT2D eigenvalue weighted by Crippen LogP contribution is -1.99. The molecule has 3 rings (SSSR count). The highest BCUT2D eigenvalue weighted by Gasteiger charge is 2.07. The third-order valence-corrected chi connectivity index (χ3v) is 3.09. The predicted molar refractivity (Wildman–Crippen MR) is 72.3 cm³/mol. The minimum Gasteiger partial charge on any atom is -0.245 e. The molecule has 1 aromatic carbocycles. The molecule has 3 aromatic rings. The van der Waals surface area contributed by atoms with E-state index in [9.17, 15) is 0 Å². The summed E-state index contributed by atoms with van der Waals surface area (Å²) in [5.74, 6) is 0. The van der Waals surface area contributed by atoms with Gasteiger partial charge in [0.1, 0.15) is 6.33 Å². The molecule has 0 atom stereocenters. The van der Waals surface area contributed by atoms with Crippen LogP contribution in [-0.4, -0.2) is 19.7 Å². The molecule has 0 unspecified atom stereocenters. The number of hydrogen-bond donors (Lipinski definition) is 0. The van der Waals surface area contributed by atoms with Crippen molar-refractivity contribution >= 4 is 15.9 Å². The number of benzene rings is 1. The van der Waals surface area contributed by atoms with Crippen LogP contribution >= 0.6 is 15.9 Å². The van der Waals surface area contributed by atoms with Crippen molar-refractivity contribution < 1.29 is 0 Å². The van der Waals surface area contributed by atoms with Crippen molar-refractivity contribution in [2.45, 2.75) is 0 Å². The van der Waals surface area contributed by atoms with Crippen LogP contribution < -0.4 is 0 Å². The van der Waals surface area contributed by atoms with Gasteiger partial charge in [-0.1, -0.05) is 15.9 Å². The minimum absolute atomic E-state index is 0.852. The van der Waals surface area contributed by atoms with E-state index in [2.05, 4.69) is 31.0 Å². The SMILES string of the molecule is Brc1ccc(-n2nccc2-c2ccncn2)cc1. The van der Waals surface area contributed by atoms with Gasteiger partial charge in [0, 0.05) is 10.7 Å². The van der Waals surface area contributed by atoms with Crippen LogP contribution in [0.5, 0.6) is 0 Å². The molecule has 0 saturated heterocycles. The molecule has 0 aliphatic carbocycles. The molecule has 0 amide bonds. The Hall–Kier alpha value is -2.01. The normalized spacial score (nSPS) is 10.5. The molecule has 0 saturated carbocycles. The molecular formula is C13H9BrN4. The number of hydrogen-bond acceptors (Lipinski definition) is 3. The second-order valence-electron chi connectivity index (χ2n) is 3.70. The van der Waals surface area contributed by atoms with Crippen molar-refractivity contribution in [2.24, 2.45) is 0 Å². The van der Waals surface area contributed by atoms with Crippen molar-refractivity contribution in [1.29, 1.82) is 0 Å². The van der Waals surface area contributed by atoms with Crippen molar-refractivity contribution in [2.75, 3.05) is 0 Å². The summed E-state index contributed by atoms with van der Waals surface area (Å²) in [5.41, 5.74) is 2.79. The monoisotopic (exact) mass is 300 g/mol. The molecule has 0 spiro atoms. The highest BCUT2D eigenvalue weighted by Crippen LogP contribution is 2.21. The Balaban J connectivity index is 2.10. The Bertz CT molecular complexity index is 646. The summed E-state index contributed by atoms with van der Waals surface area (Å²) in [5, 5.41) is 4.33. The van der Waals surface area contributed by atoms with Gasteiger partial charge in [-0.05, 0) is 36.4 Å². The van der Waals surface area contributed by atoms with Gasteiger partial charge in [-0.25, -0.2) is 14.6 Å². The fraction of sp³-hybridized carbons (Fsp3) is 0. The van der Waals surface area contributed by atoms with E-state index in [4.69, 9.17) is 0 Å². The van der Waals surface area contributed by atoms with E-state index in [1.807, 2.05) is 41.1 Å². The highest BCUT2D eigenvalue weighted by molar-refractivity contribution is 9.10. The van der Waals surface area contributed by atoms with Gasteiger partial charge in [-0.15, -0.1) is 0 Å². The lowest BCUT2D eigenvalue weighted by molar-refractivity contribution is 0.882. The molecule has 18 heavy (non-hydrogen) atoms. The number of nitrogens with zero attached hydrogens (tertiary/aromatic N) is 4. The zero-order valence-corrected chi connectivity index (χ0v) is 10.9. The Morgan fingerprint density at radius 1 is 0.944 bits per heavy atom. The lowest BCUT2D eigenvalue weighted by atomic mass is 10.2. The molecule has 4 nitrogen and oxygen atoms in total. The minimum atomic E-state index is 0.852. The van der Waals surface area contributed by atoms with Crippen molar-refractivity contribution in [1.82, 2.24) is 19.7 Å². The maximum atomic E-state index is 4.33. The van der Waals surface area contributed by atoms with E-state index in [1.165, 1.54) is 6.33 Å². The van der Waals surface area contributed by atoms with Crippen LogP contribution in [0.25, 0.3) is 17.1 Å². The predicted octanol–water partition coefficient (Wildman–Crippen LogP) is 3.09. The summed E-state index contributed by atoms with van der Waals surface area (Å²) >= 11 is 3.42. The summed E-state index contributed by atoms with van der Waals surface area (Å²) in [6, 6.07) is 11.8. The summed E-state index contributed by atoms with van der Waals surface area (Å²) in [6.45, 7) is 0. The molecule has 2 heterocycles. The van der Waals surface area contributed by atoms with E-state index in [0.717, 1.165) is 21.5 Å². The van der Waals surface area contributed by atoms with Gasteiger partial charge in [0.25, 0.3) is 0 Å². The van der Waals surface area contributed by atoms with Crippen molar-refractivity contribution in [3.05, 3.63) is 59.6 Å². The third kappa shape index (κ3) is 2.04. The van der Waals surface area contributed by atoms with Crippen LogP contribution in [-0.2, 0) is 0 Å². The molecule has 2 aromatic heterocycles. The second-order valence-corrected chi connectivity index (χ2v) is 4.61. The zero-order chi connectivity index (χ0) is 12.4. The standard InChI is InChI=1S/C13H9BrN4/c14-10-1-3-11(4-2-10)18-13(6-8-17-18)12-5-7-15-9-16-12/h1-9H. The van der Waals surface area contributed by atoms with Crippen LogP contribution in [0, 0.1) is 0 Å². The maximum absolute atomic E-state index is 4.33. The van der Waals surface area contributed by atoms with Crippen LogP contribution in [0.2, 0.25) is 0 Å². The van der Waals surface area contributed by atoms with Crippen LogP contribution in [0.4, 0.5) is 0 Å². The zero-order valence-electron chi connectivity index (χ0n) is 9.36. The Morgan fingerprint density at radius 3 is 2.50 bits per heavy atom. The first-order valence-electron chi connectivity index (χ1n) is 5.41. The van der Waals surface area contributed by atoms with Crippen LogP contribution in [0.15, 0.2) is 59.6 Å². The Morgan fingerprint density at radius 2 is 1.78 bits per heavy atom. The first-order valence-corrected chi connectivity index (χ1v) is 6.20. The Labute approximate surface area is 112 Å². The van der Waals surface area contributed by atoms with E-state index < -0.39 is 0 Å². The van der Waals surface area contributed by atoms with E-state index in [1.54, 1.807) is 12.4 Å². The second kappa shape index (κ2) is 4.70. The number of rotatable bonds is 2. The van der Waals surface area contributed by atoms with Crippen LogP contribution in [0.3, 0.4) is 0 Å². The van der Waals surface area contributed by atoms with Gasteiger partial charge in [-0.2, -0.15) is 5.10 Å². The first-order chi connectivity index (χ1) is 8.84.